The van der Waals surface area contributed by atoms with Crippen molar-refractivity contribution in [2.24, 2.45) is 0 Å². The van der Waals surface area contributed by atoms with E-state index in [0.29, 0.717) is 40.6 Å². The van der Waals surface area contributed by atoms with E-state index in [9.17, 15) is 0 Å². The number of hydrogen-bond acceptors (Lipinski definition) is 8. The highest BCUT2D eigenvalue weighted by molar-refractivity contribution is 6.32. The SMILES string of the molecule is COc1cccc(-c2cc(CNc3ncc(Cl)c(Nc4cc(C)[nH]n4)n3)on2)c1. The summed E-state index contributed by atoms with van der Waals surface area (Å²) in [5.41, 5.74) is 2.55. The predicted octanol–water partition coefficient (Wildman–Crippen LogP) is 4.18. The highest BCUT2D eigenvalue weighted by Crippen LogP contribution is 2.25. The molecular formula is C19H18ClN7O2. The summed E-state index contributed by atoms with van der Waals surface area (Å²) in [6, 6.07) is 11.3. The van der Waals surface area contributed by atoms with Crippen LogP contribution in [0.4, 0.5) is 17.6 Å². The number of anilines is 3. The van der Waals surface area contributed by atoms with Crippen LogP contribution < -0.4 is 15.4 Å². The number of aromatic amines is 1. The third-order valence-corrected chi connectivity index (χ3v) is 4.32. The molecule has 4 aromatic rings. The van der Waals surface area contributed by atoms with Gasteiger partial charge in [0.05, 0.1) is 19.9 Å². The number of nitrogens with zero attached hydrogens (tertiary/aromatic N) is 4. The van der Waals surface area contributed by atoms with Gasteiger partial charge in [-0.15, -0.1) is 0 Å². The van der Waals surface area contributed by atoms with Crippen LogP contribution in [0.15, 0.2) is 47.1 Å². The molecule has 0 atom stereocenters. The van der Waals surface area contributed by atoms with E-state index < -0.39 is 0 Å². The summed E-state index contributed by atoms with van der Waals surface area (Å²) in [7, 11) is 1.62. The number of aromatic nitrogens is 5. The molecule has 0 aliphatic carbocycles. The highest BCUT2D eigenvalue weighted by Gasteiger charge is 2.10. The van der Waals surface area contributed by atoms with E-state index >= 15 is 0 Å². The quantitative estimate of drug-likeness (QED) is 0.415. The first-order chi connectivity index (χ1) is 14.1. The minimum atomic E-state index is 0.361. The van der Waals surface area contributed by atoms with Gasteiger partial charge in [-0.25, -0.2) is 4.98 Å². The molecule has 3 N–H and O–H groups in total. The Morgan fingerprint density at radius 2 is 2.14 bits per heavy atom. The second-order valence-electron chi connectivity index (χ2n) is 6.22. The average Bonchev–Trinajstić information content (AvgIpc) is 3.37. The topological polar surface area (TPSA) is 114 Å². The summed E-state index contributed by atoms with van der Waals surface area (Å²) in [6.45, 7) is 2.27. The zero-order chi connectivity index (χ0) is 20.2. The summed E-state index contributed by atoms with van der Waals surface area (Å²) in [5.74, 6) is 2.85. The van der Waals surface area contributed by atoms with Crippen molar-refractivity contribution in [2.75, 3.05) is 17.7 Å². The minimum Gasteiger partial charge on any atom is -0.497 e. The number of rotatable bonds is 7. The van der Waals surface area contributed by atoms with E-state index in [1.165, 1.54) is 6.20 Å². The first-order valence-electron chi connectivity index (χ1n) is 8.76. The molecule has 0 amide bonds. The lowest BCUT2D eigenvalue weighted by molar-refractivity contribution is 0.389. The smallest absolute Gasteiger partial charge is 0.225 e. The number of methoxy groups -OCH3 is 1. The first-order valence-corrected chi connectivity index (χ1v) is 9.14. The molecule has 9 nitrogen and oxygen atoms in total. The highest BCUT2D eigenvalue weighted by atomic mass is 35.5. The average molecular weight is 412 g/mol. The van der Waals surface area contributed by atoms with Gasteiger partial charge < -0.3 is 19.9 Å². The standard InChI is InChI=1S/C19H18ClN7O2/c1-11-6-17(26-25-11)23-18-15(20)10-22-19(24-18)21-9-14-8-16(27-29-14)12-4-3-5-13(7-12)28-2/h3-8,10H,9H2,1-2H3,(H3,21,22,23,24,25,26). The van der Waals surface area contributed by atoms with Crippen molar-refractivity contribution in [1.29, 1.82) is 0 Å². The minimum absolute atomic E-state index is 0.361. The van der Waals surface area contributed by atoms with Gasteiger partial charge in [-0.1, -0.05) is 28.9 Å². The van der Waals surface area contributed by atoms with Gasteiger partial charge in [-0.3, -0.25) is 5.10 Å². The third-order valence-electron chi connectivity index (χ3n) is 4.04. The number of halogens is 1. The number of ether oxygens (including phenoxy) is 1. The molecule has 10 heteroatoms. The van der Waals surface area contributed by atoms with E-state index in [-0.39, 0.29) is 0 Å². The molecule has 1 aromatic carbocycles. The Balaban J connectivity index is 1.44. The van der Waals surface area contributed by atoms with Crippen molar-refractivity contribution >= 4 is 29.2 Å². The molecule has 3 heterocycles. The summed E-state index contributed by atoms with van der Waals surface area (Å²) < 4.78 is 10.6. The van der Waals surface area contributed by atoms with E-state index in [1.807, 2.05) is 43.3 Å². The molecule has 0 radical (unpaired) electrons. The largest absolute Gasteiger partial charge is 0.497 e. The van der Waals surface area contributed by atoms with Crippen molar-refractivity contribution in [2.45, 2.75) is 13.5 Å². The number of aryl methyl sites for hydroxylation is 1. The maximum Gasteiger partial charge on any atom is 0.225 e. The van der Waals surface area contributed by atoms with Gasteiger partial charge in [0.2, 0.25) is 5.95 Å². The van der Waals surface area contributed by atoms with Crippen LogP contribution in [-0.2, 0) is 6.54 Å². The molecule has 148 valence electrons. The van der Waals surface area contributed by atoms with Crippen molar-refractivity contribution < 1.29 is 9.26 Å². The first kappa shape index (κ1) is 18.8. The summed E-state index contributed by atoms with van der Waals surface area (Å²) in [5, 5.41) is 17.6. The van der Waals surface area contributed by atoms with Crippen molar-refractivity contribution in [3.63, 3.8) is 0 Å². The maximum absolute atomic E-state index is 6.17. The molecule has 29 heavy (non-hydrogen) atoms. The van der Waals surface area contributed by atoms with Gasteiger partial charge >= 0.3 is 0 Å². The Morgan fingerprint density at radius 3 is 2.93 bits per heavy atom. The number of hydrogen-bond donors (Lipinski definition) is 3. The van der Waals surface area contributed by atoms with Crippen LogP contribution in [0.5, 0.6) is 5.75 Å². The molecule has 0 fully saturated rings. The number of nitrogens with one attached hydrogen (secondary N) is 3. The Hall–Kier alpha value is -3.59. The Bertz CT molecular complexity index is 1130. The van der Waals surface area contributed by atoms with Crippen LogP contribution in [0.2, 0.25) is 5.02 Å². The zero-order valence-electron chi connectivity index (χ0n) is 15.7. The van der Waals surface area contributed by atoms with Crippen LogP contribution in [-0.4, -0.2) is 32.4 Å². The fourth-order valence-corrected chi connectivity index (χ4v) is 2.76. The number of benzene rings is 1. The molecule has 0 bridgehead atoms. The van der Waals surface area contributed by atoms with Crippen LogP contribution in [0.3, 0.4) is 0 Å². The fraction of sp³-hybridized carbons (Fsp3) is 0.158. The Morgan fingerprint density at radius 1 is 1.24 bits per heavy atom. The summed E-state index contributed by atoms with van der Waals surface area (Å²) >= 11 is 6.17. The normalized spacial score (nSPS) is 10.7. The lowest BCUT2D eigenvalue weighted by atomic mass is 10.1. The lowest BCUT2D eigenvalue weighted by Gasteiger charge is -2.07. The Kier molecular flexibility index (Phi) is 5.30. The van der Waals surface area contributed by atoms with Crippen molar-refractivity contribution in [3.8, 4) is 17.0 Å². The van der Waals surface area contributed by atoms with Gasteiger partial charge in [-0.05, 0) is 19.1 Å². The molecule has 0 saturated carbocycles. The third kappa shape index (κ3) is 4.46. The second kappa shape index (κ2) is 8.19. The van der Waals surface area contributed by atoms with Crippen LogP contribution in [0.25, 0.3) is 11.3 Å². The molecule has 0 aliphatic rings. The summed E-state index contributed by atoms with van der Waals surface area (Å²) in [4.78, 5) is 8.57. The lowest BCUT2D eigenvalue weighted by Crippen LogP contribution is -2.05. The van der Waals surface area contributed by atoms with Gasteiger partial charge in [0, 0.05) is 23.4 Å². The monoisotopic (exact) mass is 411 g/mol. The van der Waals surface area contributed by atoms with E-state index in [1.54, 1.807) is 7.11 Å². The zero-order valence-corrected chi connectivity index (χ0v) is 16.5. The van der Waals surface area contributed by atoms with Gasteiger partial charge in [0.15, 0.2) is 17.4 Å². The molecule has 0 aliphatic heterocycles. The molecule has 0 spiro atoms. The van der Waals surface area contributed by atoms with E-state index in [0.717, 1.165) is 17.0 Å². The fourth-order valence-electron chi connectivity index (χ4n) is 2.62. The van der Waals surface area contributed by atoms with E-state index in [4.69, 9.17) is 20.9 Å². The molecular weight excluding hydrogens is 394 g/mol. The van der Waals surface area contributed by atoms with Crippen molar-refractivity contribution in [1.82, 2.24) is 25.3 Å². The van der Waals surface area contributed by atoms with Crippen LogP contribution in [0, 0.1) is 6.92 Å². The van der Waals surface area contributed by atoms with Gasteiger partial charge in [0.25, 0.3) is 0 Å². The number of H-pyrrole nitrogens is 1. The van der Waals surface area contributed by atoms with Gasteiger partial charge in [0.1, 0.15) is 16.5 Å². The molecule has 0 saturated heterocycles. The predicted molar refractivity (Wildman–Crippen MR) is 109 cm³/mol. The Labute approximate surface area is 171 Å². The molecule has 4 rings (SSSR count). The van der Waals surface area contributed by atoms with Crippen LogP contribution >= 0.6 is 11.6 Å². The van der Waals surface area contributed by atoms with E-state index in [2.05, 4.69) is 36.0 Å². The summed E-state index contributed by atoms with van der Waals surface area (Å²) in [6.07, 6.45) is 1.51. The molecule has 3 aromatic heterocycles. The van der Waals surface area contributed by atoms with Crippen molar-refractivity contribution in [3.05, 3.63) is 59.1 Å². The molecule has 0 unspecified atom stereocenters. The second-order valence-corrected chi connectivity index (χ2v) is 6.62. The maximum atomic E-state index is 6.17. The van der Waals surface area contributed by atoms with Crippen LogP contribution in [0.1, 0.15) is 11.5 Å². The van der Waals surface area contributed by atoms with Gasteiger partial charge in [-0.2, -0.15) is 10.1 Å².